The number of nitrogen functional groups attached to an aromatic ring is 1. The molecule has 5 nitrogen and oxygen atoms in total. The molecule has 1 heterocycles. The predicted molar refractivity (Wildman–Crippen MR) is 76.2 cm³/mol. The number of hydrogen-bond acceptors (Lipinski definition) is 4. The minimum atomic E-state index is -4.21. The fourth-order valence-corrected chi connectivity index (χ4v) is 4.12. The summed E-state index contributed by atoms with van der Waals surface area (Å²) in [6.45, 7) is 0.481. The van der Waals surface area contributed by atoms with Crippen LogP contribution in [0.25, 0.3) is 0 Å². The zero-order valence-corrected chi connectivity index (χ0v) is 12.8. The van der Waals surface area contributed by atoms with Crippen molar-refractivity contribution in [3.63, 3.8) is 0 Å². The Labute approximate surface area is 123 Å². The first kappa shape index (κ1) is 16.1. The quantitative estimate of drug-likeness (QED) is 0.852. The molecule has 1 aromatic rings. The summed E-state index contributed by atoms with van der Waals surface area (Å²) < 4.78 is 53.9. The van der Waals surface area contributed by atoms with Gasteiger partial charge in [0.05, 0.1) is 0 Å². The molecule has 1 aliphatic heterocycles. The molecule has 0 spiro atoms. The van der Waals surface area contributed by atoms with Crippen molar-refractivity contribution in [2.24, 2.45) is 0 Å². The monoisotopic (exact) mass is 319 g/mol. The van der Waals surface area contributed by atoms with Crippen LogP contribution < -0.4 is 5.73 Å². The van der Waals surface area contributed by atoms with Crippen molar-refractivity contribution in [3.05, 3.63) is 23.8 Å². The molecule has 1 fully saturated rings. The molecule has 1 saturated heterocycles. The predicted octanol–water partition coefficient (Wildman–Crippen LogP) is 1.26. The van der Waals surface area contributed by atoms with E-state index >= 15 is 0 Å². The van der Waals surface area contributed by atoms with Crippen molar-refractivity contribution >= 4 is 15.7 Å². The Bertz CT molecular complexity index is 611. The lowest BCUT2D eigenvalue weighted by Crippen LogP contribution is -2.47. The fraction of sp³-hybridized carbons (Fsp3) is 0.538. The van der Waals surface area contributed by atoms with Gasteiger partial charge in [-0.25, -0.2) is 17.2 Å². The summed E-state index contributed by atoms with van der Waals surface area (Å²) >= 11 is 0. The number of nitrogens with zero attached hydrogens (tertiary/aromatic N) is 2. The highest BCUT2D eigenvalue weighted by molar-refractivity contribution is 7.89. The van der Waals surface area contributed by atoms with Crippen molar-refractivity contribution in [3.8, 4) is 0 Å². The van der Waals surface area contributed by atoms with Gasteiger partial charge in [-0.3, -0.25) is 0 Å². The topological polar surface area (TPSA) is 66.6 Å². The maximum Gasteiger partial charge on any atom is 0.248 e. The van der Waals surface area contributed by atoms with E-state index in [2.05, 4.69) is 0 Å². The van der Waals surface area contributed by atoms with Crippen LogP contribution in [-0.4, -0.2) is 50.8 Å². The summed E-state index contributed by atoms with van der Waals surface area (Å²) in [5.74, 6) is -2.31. The zero-order valence-electron chi connectivity index (χ0n) is 12.0. The van der Waals surface area contributed by atoms with Gasteiger partial charge in [0.2, 0.25) is 10.0 Å². The van der Waals surface area contributed by atoms with Crippen LogP contribution in [0.15, 0.2) is 17.0 Å². The van der Waals surface area contributed by atoms with E-state index in [4.69, 9.17) is 5.73 Å². The number of likely N-dealkylation sites (N-methyl/N-ethyl adjacent to an activating group) is 1. The van der Waals surface area contributed by atoms with Crippen LogP contribution in [0.2, 0.25) is 0 Å². The van der Waals surface area contributed by atoms with Crippen molar-refractivity contribution in [2.45, 2.75) is 23.8 Å². The van der Waals surface area contributed by atoms with Crippen LogP contribution in [0, 0.1) is 11.6 Å². The Morgan fingerprint density at radius 2 is 1.86 bits per heavy atom. The first-order valence-electron chi connectivity index (χ1n) is 6.64. The highest BCUT2D eigenvalue weighted by atomic mass is 32.2. The van der Waals surface area contributed by atoms with E-state index < -0.39 is 26.6 Å². The van der Waals surface area contributed by atoms with Crippen molar-refractivity contribution in [2.75, 3.05) is 32.9 Å². The number of nitrogens with two attached hydrogens (primary N) is 1. The molecule has 1 aromatic carbocycles. The summed E-state index contributed by atoms with van der Waals surface area (Å²) in [5, 5.41) is 0. The molecule has 2 rings (SSSR count). The van der Waals surface area contributed by atoms with Crippen LogP contribution >= 0.6 is 0 Å². The highest BCUT2D eigenvalue weighted by Crippen LogP contribution is 2.27. The average molecular weight is 319 g/mol. The Balaban J connectivity index is 2.39. The summed E-state index contributed by atoms with van der Waals surface area (Å²) in [4.78, 5) is 0.994. The Morgan fingerprint density at radius 1 is 1.29 bits per heavy atom. The maximum absolute atomic E-state index is 13.9. The van der Waals surface area contributed by atoms with Gasteiger partial charge in [0, 0.05) is 24.8 Å². The summed E-state index contributed by atoms with van der Waals surface area (Å²) in [5.41, 5.74) is 5.17. The van der Waals surface area contributed by atoms with E-state index in [1.807, 2.05) is 19.0 Å². The SMILES string of the molecule is CN(C)C1CCCN(S(=O)(=O)c2c(F)cc(N)cc2F)C1. The molecule has 2 N–H and O–H groups in total. The van der Waals surface area contributed by atoms with Crippen molar-refractivity contribution in [1.29, 1.82) is 0 Å². The second-order valence-corrected chi connectivity index (χ2v) is 7.31. The third-order valence-corrected chi connectivity index (χ3v) is 5.63. The van der Waals surface area contributed by atoms with Gasteiger partial charge in [0.1, 0.15) is 11.6 Å². The van der Waals surface area contributed by atoms with E-state index in [1.165, 1.54) is 0 Å². The van der Waals surface area contributed by atoms with Gasteiger partial charge in [0.15, 0.2) is 4.90 Å². The van der Waals surface area contributed by atoms with Crippen LogP contribution in [-0.2, 0) is 10.0 Å². The molecule has 0 bridgehead atoms. The van der Waals surface area contributed by atoms with Crippen LogP contribution in [0.1, 0.15) is 12.8 Å². The molecule has 8 heteroatoms. The molecule has 0 radical (unpaired) electrons. The molecule has 0 saturated carbocycles. The lowest BCUT2D eigenvalue weighted by molar-refractivity contribution is 0.190. The third-order valence-electron chi connectivity index (χ3n) is 3.71. The zero-order chi connectivity index (χ0) is 15.8. The normalized spacial score (nSPS) is 20.9. The van der Waals surface area contributed by atoms with E-state index in [0.717, 1.165) is 22.9 Å². The van der Waals surface area contributed by atoms with Crippen molar-refractivity contribution in [1.82, 2.24) is 9.21 Å². The van der Waals surface area contributed by atoms with E-state index in [1.54, 1.807) is 0 Å². The van der Waals surface area contributed by atoms with Crippen molar-refractivity contribution < 1.29 is 17.2 Å². The van der Waals surface area contributed by atoms with Gasteiger partial charge in [-0.05, 0) is 39.1 Å². The maximum atomic E-state index is 13.9. The molecular weight excluding hydrogens is 300 g/mol. The second kappa shape index (κ2) is 5.86. The number of halogens is 2. The van der Waals surface area contributed by atoms with E-state index in [0.29, 0.717) is 6.42 Å². The number of sulfonamides is 1. The Hall–Kier alpha value is -1.25. The molecule has 1 unspecified atom stereocenters. The number of benzene rings is 1. The molecule has 1 atom stereocenters. The Morgan fingerprint density at radius 3 is 2.38 bits per heavy atom. The molecule has 118 valence electrons. The van der Waals surface area contributed by atoms with Gasteiger partial charge >= 0.3 is 0 Å². The summed E-state index contributed by atoms with van der Waals surface area (Å²) in [6.07, 6.45) is 1.51. The van der Waals surface area contributed by atoms with Gasteiger partial charge in [-0.1, -0.05) is 0 Å². The van der Waals surface area contributed by atoms with Gasteiger partial charge in [-0.2, -0.15) is 4.31 Å². The van der Waals surface area contributed by atoms with Gasteiger partial charge in [-0.15, -0.1) is 0 Å². The molecule has 21 heavy (non-hydrogen) atoms. The third kappa shape index (κ3) is 3.17. The standard InChI is InChI=1S/C13H19F2N3O2S/c1-17(2)10-4-3-5-18(8-10)21(19,20)13-11(14)6-9(16)7-12(13)15/h6-7,10H,3-5,8,16H2,1-2H3. The fourth-order valence-electron chi connectivity index (χ4n) is 2.52. The van der Waals surface area contributed by atoms with E-state index in [-0.39, 0.29) is 24.8 Å². The Kier molecular flexibility index (Phi) is 4.50. The molecule has 0 amide bonds. The van der Waals surface area contributed by atoms with Crippen LogP contribution in [0.4, 0.5) is 14.5 Å². The minimum Gasteiger partial charge on any atom is -0.399 e. The van der Waals surface area contributed by atoms with Crippen LogP contribution in [0.3, 0.4) is 0 Å². The molecule has 0 aromatic heterocycles. The molecule has 1 aliphatic rings. The van der Waals surface area contributed by atoms with Gasteiger partial charge in [0.25, 0.3) is 0 Å². The minimum absolute atomic E-state index is 0.0356. The smallest absolute Gasteiger partial charge is 0.248 e. The first-order chi connectivity index (χ1) is 9.73. The first-order valence-corrected chi connectivity index (χ1v) is 8.08. The summed E-state index contributed by atoms with van der Waals surface area (Å²) in [6, 6.07) is 1.68. The van der Waals surface area contributed by atoms with E-state index in [9.17, 15) is 17.2 Å². The molecular formula is C13H19F2N3O2S. The average Bonchev–Trinajstić information content (AvgIpc) is 2.37. The number of anilines is 1. The summed E-state index contributed by atoms with van der Waals surface area (Å²) in [7, 11) is -0.501. The number of hydrogen-bond donors (Lipinski definition) is 1. The highest BCUT2D eigenvalue weighted by Gasteiger charge is 2.35. The molecule has 0 aliphatic carbocycles. The lowest BCUT2D eigenvalue weighted by atomic mass is 10.1. The van der Waals surface area contributed by atoms with Gasteiger partial charge < -0.3 is 10.6 Å². The second-order valence-electron chi connectivity index (χ2n) is 5.44. The van der Waals surface area contributed by atoms with Crippen LogP contribution in [0.5, 0.6) is 0 Å². The number of piperidine rings is 1. The lowest BCUT2D eigenvalue weighted by Gasteiger charge is -2.35. The number of rotatable bonds is 3. The largest absolute Gasteiger partial charge is 0.399 e.